The summed E-state index contributed by atoms with van der Waals surface area (Å²) in [6, 6.07) is -0.763. The Morgan fingerprint density at radius 2 is 1.18 bits per heavy atom. The number of phosphoric ester groups is 1. The fourth-order valence-electron chi connectivity index (χ4n) is 5.56. The van der Waals surface area contributed by atoms with Crippen LogP contribution in [0.4, 0.5) is 0 Å². The quantitative estimate of drug-likeness (QED) is 0.0256. The molecule has 3 N–H and O–H groups in total. The molecule has 0 spiro atoms. The highest BCUT2D eigenvalue weighted by Gasteiger charge is 2.28. The summed E-state index contributed by atoms with van der Waals surface area (Å²) in [5.41, 5.74) is 0. The largest absolute Gasteiger partial charge is 0.472 e. The number of hydrogen-bond acceptors (Lipinski definition) is 5. The molecule has 0 aromatic heterocycles. The van der Waals surface area contributed by atoms with Gasteiger partial charge in [-0.25, -0.2) is 4.57 Å². The van der Waals surface area contributed by atoms with Gasteiger partial charge in [0.25, 0.3) is 0 Å². The van der Waals surface area contributed by atoms with E-state index in [9.17, 15) is 19.4 Å². The lowest BCUT2D eigenvalue weighted by Gasteiger charge is -2.26. The molecule has 0 rings (SSSR count). The van der Waals surface area contributed by atoms with Crippen molar-refractivity contribution in [1.29, 1.82) is 0 Å². The second-order valence-electron chi connectivity index (χ2n) is 15.0. The summed E-state index contributed by atoms with van der Waals surface area (Å²) < 4.78 is 23.5. The van der Waals surface area contributed by atoms with E-state index in [0.717, 1.165) is 70.6 Å². The standard InChI is InChI=1S/C42H79N2O6P/c1-6-8-10-12-14-16-17-18-19-20-21-22-23-24-25-26-27-28-30-32-34-36-42(46)43-40(39-50-51(47,48)49-38-37-44(3,4)5)41(45)35-33-31-29-15-13-11-9-7-2/h8,10,14,16,18-19,21-22,40-41,45H,6-7,9,11-13,15,17,20,23-39H2,1-5H3,(H-,43,46,47,48)/p+1/b10-8-,16-14-,19-18-,22-21-. The van der Waals surface area contributed by atoms with Gasteiger partial charge >= 0.3 is 7.82 Å². The summed E-state index contributed by atoms with van der Waals surface area (Å²) in [4.78, 5) is 23.0. The molecule has 0 bridgehead atoms. The minimum Gasteiger partial charge on any atom is -0.391 e. The van der Waals surface area contributed by atoms with Gasteiger partial charge in [0.1, 0.15) is 13.2 Å². The molecule has 0 aromatic carbocycles. The number of carbonyl (C=O) groups is 1. The summed E-state index contributed by atoms with van der Waals surface area (Å²) >= 11 is 0. The number of likely N-dealkylation sites (N-methyl/N-ethyl adjacent to an activating group) is 1. The number of aliphatic hydroxyl groups excluding tert-OH is 1. The van der Waals surface area contributed by atoms with Crippen LogP contribution in [0.2, 0.25) is 0 Å². The van der Waals surface area contributed by atoms with Gasteiger partial charge in [0, 0.05) is 6.42 Å². The van der Waals surface area contributed by atoms with E-state index in [4.69, 9.17) is 9.05 Å². The van der Waals surface area contributed by atoms with E-state index in [1.54, 1.807) is 0 Å². The number of allylic oxidation sites excluding steroid dienone is 8. The number of nitrogens with one attached hydrogen (secondary N) is 1. The van der Waals surface area contributed by atoms with Gasteiger partial charge in [-0.05, 0) is 51.4 Å². The molecule has 0 aliphatic carbocycles. The van der Waals surface area contributed by atoms with Gasteiger partial charge < -0.3 is 19.8 Å². The Balaban J connectivity index is 4.28. The molecule has 8 nitrogen and oxygen atoms in total. The molecule has 9 heteroatoms. The lowest BCUT2D eigenvalue weighted by Crippen LogP contribution is -2.46. The Labute approximate surface area is 314 Å². The fraction of sp³-hybridized carbons (Fsp3) is 0.786. The Morgan fingerprint density at radius 3 is 1.73 bits per heavy atom. The summed E-state index contributed by atoms with van der Waals surface area (Å²) in [5, 5.41) is 13.8. The maximum absolute atomic E-state index is 12.8. The van der Waals surface area contributed by atoms with Gasteiger partial charge in [0.15, 0.2) is 0 Å². The number of nitrogens with zero attached hydrogens (tertiary/aromatic N) is 1. The average Bonchev–Trinajstić information content (AvgIpc) is 3.07. The summed E-state index contributed by atoms with van der Waals surface area (Å²) in [6.07, 6.45) is 41.4. The van der Waals surface area contributed by atoms with Crippen LogP contribution in [0.1, 0.15) is 162 Å². The number of unbranched alkanes of at least 4 members (excludes halogenated alkanes) is 15. The zero-order chi connectivity index (χ0) is 37.9. The Kier molecular flexibility index (Phi) is 33.2. The number of quaternary nitrogens is 1. The third-order valence-electron chi connectivity index (χ3n) is 8.84. The molecule has 0 radical (unpaired) electrons. The zero-order valence-corrected chi connectivity index (χ0v) is 34.5. The second-order valence-corrected chi connectivity index (χ2v) is 16.4. The summed E-state index contributed by atoms with van der Waals surface area (Å²) in [7, 11) is 1.60. The smallest absolute Gasteiger partial charge is 0.391 e. The van der Waals surface area contributed by atoms with Crippen LogP contribution in [0.3, 0.4) is 0 Å². The highest BCUT2D eigenvalue weighted by atomic mass is 31.2. The molecule has 51 heavy (non-hydrogen) atoms. The van der Waals surface area contributed by atoms with Crippen molar-refractivity contribution in [2.24, 2.45) is 0 Å². The Bertz CT molecular complexity index is 975. The fourth-order valence-corrected chi connectivity index (χ4v) is 6.30. The van der Waals surface area contributed by atoms with Gasteiger partial charge in [-0.1, -0.05) is 152 Å². The van der Waals surface area contributed by atoms with Crippen molar-refractivity contribution in [3.05, 3.63) is 48.6 Å². The van der Waals surface area contributed by atoms with Crippen molar-refractivity contribution in [3.63, 3.8) is 0 Å². The van der Waals surface area contributed by atoms with Crippen LogP contribution >= 0.6 is 7.82 Å². The van der Waals surface area contributed by atoms with E-state index in [1.807, 2.05) is 21.1 Å². The predicted molar refractivity (Wildman–Crippen MR) is 217 cm³/mol. The van der Waals surface area contributed by atoms with Crippen molar-refractivity contribution >= 4 is 13.7 Å². The number of phosphoric acid groups is 1. The van der Waals surface area contributed by atoms with E-state index >= 15 is 0 Å². The molecule has 0 aliphatic heterocycles. The SMILES string of the molecule is CC/C=C\C/C=C\C/C=C\C/C=C\CCCCCCCCCCC(=O)NC(COP(=O)(O)OCC[N+](C)(C)C)C(O)CCCCCCCCCC. The van der Waals surface area contributed by atoms with Crippen molar-refractivity contribution in [1.82, 2.24) is 5.32 Å². The van der Waals surface area contributed by atoms with E-state index in [1.165, 1.54) is 64.2 Å². The third kappa shape index (κ3) is 36.6. The highest BCUT2D eigenvalue weighted by molar-refractivity contribution is 7.47. The number of aliphatic hydroxyl groups is 1. The maximum Gasteiger partial charge on any atom is 0.472 e. The minimum atomic E-state index is -4.31. The van der Waals surface area contributed by atoms with E-state index < -0.39 is 20.0 Å². The molecule has 0 aliphatic rings. The van der Waals surface area contributed by atoms with Crippen LogP contribution < -0.4 is 5.32 Å². The molecule has 0 saturated carbocycles. The Hall–Kier alpha value is -1.54. The first-order valence-corrected chi connectivity index (χ1v) is 22.0. The number of hydrogen-bond donors (Lipinski definition) is 3. The third-order valence-corrected chi connectivity index (χ3v) is 9.83. The molecule has 1 amide bonds. The van der Waals surface area contributed by atoms with E-state index in [2.05, 4.69) is 67.8 Å². The summed E-state index contributed by atoms with van der Waals surface area (Å²) in [5.74, 6) is -0.159. The molecular formula is C42H80N2O6P+. The van der Waals surface area contributed by atoms with E-state index in [0.29, 0.717) is 23.9 Å². The lowest BCUT2D eigenvalue weighted by molar-refractivity contribution is -0.870. The number of rotatable bonds is 36. The number of amides is 1. The molecule has 0 aromatic rings. The van der Waals surface area contributed by atoms with Crippen molar-refractivity contribution in [3.8, 4) is 0 Å². The molecule has 0 heterocycles. The van der Waals surface area contributed by atoms with Gasteiger partial charge in [-0.3, -0.25) is 13.8 Å². The highest BCUT2D eigenvalue weighted by Crippen LogP contribution is 2.43. The normalized spacial score (nSPS) is 15.0. The molecule has 0 saturated heterocycles. The van der Waals surface area contributed by atoms with Crippen molar-refractivity contribution in [2.75, 3.05) is 40.9 Å². The Morgan fingerprint density at radius 1 is 0.686 bits per heavy atom. The lowest BCUT2D eigenvalue weighted by atomic mass is 10.0. The molecule has 0 fully saturated rings. The first-order valence-electron chi connectivity index (χ1n) is 20.5. The van der Waals surface area contributed by atoms with Crippen LogP contribution in [-0.4, -0.2) is 73.4 Å². The minimum absolute atomic E-state index is 0.0706. The molecule has 3 unspecified atom stereocenters. The number of carbonyl (C=O) groups excluding carboxylic acids is 1. The van der Waals surface area contributed by atoms with Crippen LogP contribution in [-0.2, 0) is 18.4 Å². The second kappa shape index (κ2) is 34.2. The summed E-state index contributed by atoms with van der Waals surface area (Å²) in [6.45, 7) is 4.71. The van der Waals surface area contributed by atoms with Gasteiger partial charge in [0.05, 0.1) is 39.9 Å². The first-order chi connectivity index (χ1) is 24.5. The van der Waals surface area contributed by atoms with Gasteiger partial charge in [-0.2, -0.15) is 0 Å². The van der Waals surface area contributed by atoms with Crippen LogP contribution in [0.15, 0.2) is 48.6 Å². The predicted octanol–water partition coefficient (Wildman–Crippen LogP) is 10.9. The zero-order valence-electron chi connectivity index (χ0n) is 33.6. The average molecular weight is 740 g/mol. The van der Waals surface area contributed by atoms with Gasteiger partial charge in [0.2, 0.25) is 5.91 Å². The van der Waals surface area contributed by atoms with Crippen LogP contribution in [0, 0.1) is 0 Å². The monoisotopic (exact) mass is 740 g/mol. The van der Waals surface area contributed by atoms with Gasteiger partial charge in [-0.15, -0.1) is 0 Å². The first kappa shape index (κ1) is 49.5. The van der Waals surface area contributed by atoms with E-state index in [-0.39, 0.29) is 19.1 Å². The van der Waals surface area contributed by atoms with Crippen molar-refractivity contribution in [2.45, 2.75) is 174 Å². The van der Waals surface area contributed by atoms with Crippen LogP contribution in [0.5, 0.6) is 0 Å². The topological polar surface area (TPSA) is 105 Å². The maximum atomic E-state index is 12.8. The molecular weight excluding hydrogens is 659 g/mol. The molecule has 298 valence electrons. The van der Waals surface area contributed by atoms with Crippen molar-refractivity contribution < 1.29 is 32.9 Å². The van der Waals surface area contributed by atoms with Crippen LogP contribution in [0.25, 0.3) is 0 Å². The molecule has 3 atom stereocenters.